The number of non-ortho nitro benzene ring substituents is 2. The van der Waals surface area contributed by atoms with E-state index in [0.717, 1.165) is 46.3 Å². The van der Waals surface area contributed by atoms with Crippen LogP contribution in [-0.4, -0.2) is 83.0 Å². The standard InChI is InChI=1S/C34H44N6O6.2BrH/c1-5-39(6-2,25-27-9-17-31(18-10-27)37(43)44)23-21-35-33(41)29-13-15-30(16-14-29)34(42)36-22-24-40(7-3,8-4)26-28-11-19-32(20-12-28)38(45)46;;/h9-20H,5-8,21-26H2,1-4H3;2*1H. The first-order valence-electron chi connectivity index (χ1n) is 15.8. The molecule has 0 aromatic heterocycles. The summed E-state index contributed by atoms with van der Waals surface area (Å²) >= 11 is 0. The molecule has 48 heavy (non-hydrogen) atoms. The third-order valence-electron chi connectivity index (χ3n) is 9.17. The topological polar surface area (TPSA) is 144 Å². The molecular formula is C34H46Br2N6O6. The van der Waals surface area contributed by atoms with Gasteiger partial charge in [-0.1, -0.05) is 0 Å². The second-order valence-corrected chi connectivity index (χ2v) is 11.6. The molecule has 0 heterocycles. The van der Waals surface area contributed by atoms with Crippen LogP contribution in [0.15, 0.2) is 72.8 Å². The van der Waals surface area contributed by atoms with Crippen LogP contribution in [0.2, 0.25) is 0 Å². The summed E-state index contributed by atoms with van der Waals surface area (Å²) in [5.74, 6) is -0.432. The zero-order chi connectivity index (χ0) is 33.7. The Hall–Kier alpha value is -3.72. The molecule has 0 bridgehead atoms. The number of quaternary nitrogens is 2. The number of carbonyl (C=O) groups is 2. The van der Waals surface area contributed by atoms with E-state index in [9.17, 15) is 29.8 Å². The van der Waals surface area contributed by atoms with E-state index in [4.69, 9.17) is 0 Å². The lowest BCUT2D eigenvalue weighted by Crippen LogP contribution is -3.00. The molecule has 0 spiro atoms. The number of halogens is 2. The van der Waals surface area contributed by atoms with Crippen LogP contribution in [-0.2, 0) is 13.1 Å². The Balaban J connectivity index is 0.00000576. The van der Waals surface area contributed by atoms with Crippen molar-refractivity contribution in [2.24, 2.45) is 0 Å². The van der Waals surface area contributed by atoms with Crippen LogP contribution >= 0.6 is 0 Å². The molecule has 0 radical (unpaired) electrons. The van der Waals surface area contributed by atoms with E-state index < -0.39 is 9.85 Å². The van der Waals surface area contributed by atoms with Crippen molar-refractivity contribution in [3.8, 4) is 0 Å². The second-order valence-electron chi connectivity index (χ2n) is 11.6. The van der Waals surface area contributed by atoms with Crippen LogP contribution in [0.4, 0.5) is 11.4 Å². The molecule has 0 fully saturated rings. The number of nitro benzene ring substituents is 2. The number of nitrogens with one attached hydrogen (secondary N) is 2. The Morgan fingerprint density at radius 2 is 0.854 bits per heavy atom. The smallest absolute Gasteiger partial charge is 0.269 e. The maximum absolute atomic E-state index is 12.9. The van der Waals surface area contributed by atoms with Gasteiger partial charge in [-0.2, -0.15) is 0 Å². The van der Waals surface area contributed by atoms with Crippen LogP contribution in [0.25, 0.3) is 0 Å². The van der Waals surface area contributed by atoms with E-state index in [0.29, 0.717) is 50.4 Å². The highest BCUT2D eigenvalue weighted by Gasteiger charge is 2.26. The zero-order valence-electron chi connectivity index (χ0n) is 28.0. The molecule has 0 saturated heterocycles. The van der Waals surface area contributed by atoms with Crippen LogP contribution in [0.1, 0.15) is 59.5 Å². The molecule has 262 valence electrons. The van der Waals surface area contributed by atoms with Crippen molar-refractivity contribution in [2.75, 3.05) is 52.4 Å². The Kier molecular flexibility index (Phi) is 17.6. The van der Waals surface area contributed by atoms with Gasteiger partial charge in [0.05, 0.1) is 62.2 Å². The minimum absolute atomic E-state index is 0. The van der Waals surface area contributed by atoms with E-state index >= 15 is 0 Å². The third kappa shape index (κ3) is 11.8. The van der Waals surface area contributed by atoms with E-state index in [-0.39, 0.29) is 57.2 Å². The van der Waals surface area contributed by atoms with E-state index in [1.807, 2.05) is 0 Å². The number of likely N-dealkylation sites (N-methyl/N-ethyl adjacent to an activating group) is 2. The first kappa shape index (κ1) is 42.3. The quantitative estimate of drug-likeness (QED) is 0.0970. The monoisotopic (exact) mass is 792 g/mol. The summed E-state index contributed by atoms with van der Waals surface area (Å²) < 4.78 is 1.45. The number of amides is 2. The lowest BCUT2D eigenvalue weighted by molar-refractivity contribution is -0.936. The first-order chi connectivity index (χ1) is 22.0. The van der Waals surface area contributed by atoms with Gasteiger partial charge in [-0.3, -0.25) is 29.8 Å². The van der Waals surface area contributed by atoms with Gasteiger partial charge in [0.25, 0.3) is 23.2 Å². The zero-order valence-corrected chi connectivity index (χ0v) is 31.2. The molecule has 3 aromatic carbocycles. The molecule has 0 atom stereocenters. The molecule has 2 amide bonds. The molecule has 0 saturated carbocycles. The number of nitrogens with zero attached hydrogens (tertiary/aromatic N) is 4. The summed E-state index contributed by atoms with van der Waals surface area (Å²) in [6.45, 7) is 15.5. The van der Waals surface area contributed by atoms with Crippen LogP contribution in [0.3, 0.4) is 0 Å². The molecule has 0 unspecified atom stereocenters. The Bertz CT molecular complexity index is 1370. The largest absolute Gasteiger partial charge is 1.00 e. The number of carbonyl (C=O) groups excluding carboxylic acids is 2. The summed E-state index contributed by atoms with van der Waals surface area (Å²) in [6, 6.07) is 19.8. The molecule has 2 N–H and O–H groups in total. The maximum atomic E-state index is 12.9. The van der Waals surface area contributed by atoms with Crippen molar-refractivity contribution in [3.05, 3.63) is 115 Å². The molecule has 14 heteroatoms. The van der Waals surface area contributed by atoms with Crippen molar-refractivity contribution in [2.45, 2.75) is 40.8 Å². The average Bonchev–Trinajstić information content (AvgIpc) is 3.07. The molecule has 3 rings (SSSR count). The predicted octanol–water partition coefficient (Wildman–Crippen LogP) is -0.916. The average molecular weight is 795 g/mol. The lowest BCUT2D eigenvalue weighted by atomic mass is 10.1. The van der Waals surface area contributed by atoms with Crippen molar-refractivity contribution >= 4 is 23.2 Å². The van der Waals surface area contributed by atoms with Crippen molar-refractivity contribution in [1.29, 1.82) is 0 Å². The van der Waals surface area contributed by atoms with Gasteiger partial charge < -0.3 is 53.6 Å². The SMILES string of the molecule is CC[N+](CC)(CCNC(=O)c1ccc(C(=O)NCC[N+](CC)(CC)Cc2ccc([N+](=O)[O-])cc2)cc1)Cc1ccc([N+](=O)[O-])cc1.[Br-].[Br-]. The Labute approximate surface area is 303 Å². The number of nitro groups is 2. The third-order valence-corrected chi connectivity index (χ3v) is 9.17. The fourth-order valence-electron chi connectivity index (χ4n) is 5.70. The second kappa shape index (κ2) is 19.9. The van der Waals surface area contributed by atoms with Gasteiger partial charge in [0.15, 0.2) is 0 Å². The highest BCUT2D eigenvalue weighted by atomic mass is 79.9. The van der Waals surface area contributed by atoms with Crippen LogP contribution in [0.5, 0.6) is 0 Å². The maximum Gasteiger partial charge on any atom is 0.269 e. The van der Waals surface area contributed by atoms with Crippen molar-refractivity contribution in [1.82, 2.24) is 10.6 Å². The van der Waals surface area contributed by atoms with Gasteiger partial charge in [-0.25, -0.2) is 0 Å². The molecule has 12 nitrogen and oxygen atoms in total. The van der Waals surface area contributed by atoms with E-state index in [1.165, 1.54) is 24.3 Å². The minimum atomic E-state index is -0.405. The van der Waals surface area contributed by atoms with Gasteiger partial charge in [0.1, 0.15) is 13.1 Å². The minimum Gasteiger partial charge on any atom is -1.00 e. The Morgan fingerprint density at radius 1 is 0.562 bits per heavy atom. The molecule has 0 aliphatic carbocycles. The fourth-order valence-corrected chi connectivity index (χ4v) is 5.70. The van der Waals surface area contributed by atoms with Crippen molar-refractivity contribution < 1.29 is 62.4 Å². The van der Waals surface area contributed by atoms with E-state index in [1.54, 1.807) is 48.5 Å². The van der Waals surface area contributed by atoms with Crippen molar-refractivity contribution in [3.63, 3.8) is 0 Å². The number of hydrogen-bond acceptors (Lipinski definition) is 6. The number of benzene rings is 3. The van der Waals surface area contributed by atoms with E-state index in [2.05, 4.69) is 38.3 Å². The summed E-state index contributed by atoms with van der Waals surface area (Å²) in [4.78, 5) is 46.9. The summed E-state index contributed by atoms with van der Waals surface area (Å²) in [7, 11) is 0. The Morgan fingerprint density at radius 3 is 1.10 bits per heavy atom. The molecule has 3 aromatic rings. The highest BCUT2D eigenvalue weighted by Crippen LogP contribution is 2.19. The van der Waals surface area contributed by atoms with Crippen LogP contribution in [0, 0.1) is 20.2 Å². The van der Waals surface area contributed by atoms with Gasteiger partial charge in [-0.05, 0) is 76.2 Å². The number of rotatable bonds is 18. The summed E-state index contributed by atoms with van der Waals surface area (Å²) in [5.41, 5.74) is 3.08. The van der Waals surface area contributed by atoms with Gasteiger partial charge in [-0.15, -0.1) is 0 Å². The normalized spacial score (nSPS) is 11.1. The van der Waals surface area contributed by atoms with Gasteiger partial charge >= 0.3 is 0 Å². The highest BCUT2D eigenvalue weighted by molar-refractivity contribution is 5.97. The summed E-state index contributed by atoms with van der Waals surface area (Å²) in [5, 5.41) is 27.9. The molecule has 0 aliphatic rings. The fraction of sp³-hybridized carbons (Fsp3) is 0.412. The molecule has 0 aliphatic heterocycles. The first-order valence-corrected chi connectivity index (χ1v) is 15.8. The predicted molar refractivity (Wildman–Crippen MR) is 177 cm³/mol. The lowest BCUT2D eigenvalue weighted by Gasteiger charge is -2.37. The summed E-state index contributed by atoms with van der Waals surface area (Å²) in [6.07, 6.45) is 0. The van der Waals surface area contributed by atoms with Gasteiger partial charge in [0.2, 0.25) is 0 Å². The van der Waals surface area contributed by atoms with Crippen LogP contribution < -0.4 is 44.6 Å². The molecular weight excluding hydrogens is 748 g/mol. The number of hydrogen-bond donors (Lipinski definition) is 2. The van der Waals surface area contributed by atoms with Gasteiger partial charge in [0, 0.05) is 46.5 Å².